The highest BCUT2D eigenvalue weighted by Crippen LogP contribution is 2.36. The Morgan fingerprint density at radius 1 is 1.15 bits per heavy atom. The third-order valence-electron chi connectivity index (χ3n) is 6.05. The summed E-state index contributed by atoms with van der Waals surface area (Å²) in [6, 6.07) is 1.99. The van der Waals surface area contributed by atoms with Gasteiger partial charge in [-0.1, -0.05) is 19.3 Å². The molecule has 0 radical (unpaired) electrons. The summed E-state index contributed by atoms with van der Waals surface area (Å²) < 4.78 is 0. The second kappa shape index (κ2) is 8.53. The van der Waals surface area contributed by atoms with Crippen molar-refractivity contribution in [1.29, 1.82) is 0 Å². The number of amides is 2. The molecule has 1 saturated heterocycles. The van der Waals surface area contributed by atoms with Crippen molar-refractivity contribution in [3.8, 4) is 0 Å². The first kappa shape index (κ1) is 19.4. The fourth-order valence-corrected chi connectivity index (χ4v) is 5.27. The summed E-state index contributed by atoms with van der Waals surface area (Å²) in [6.07, 6.45) is 7.44. The molecule has 0 unspecified atom stereocenters. The first-order valence-corrected chi connectivity index (χ1v) is 10.7. The fourth-order valence-electron chi connectivity index (χ4n) is 4.38. The summed E-state index contributed by atoms with van der Waals surface area (Å²) in [6.45, 7) is 4.78. The molecular formula is C20H31N3O2S. The van der Waals surface area contributed by atoms with Gasteiger partial charge in [-0.25, -0.2) is 0 Å². The van der Waals surface area contributed by atoms with Crippen molar-refractivity contribution in [2.45, 2.75) is 57.4 Å². The number of aryl methyl sites for hydroxylation is 1. The largest absolute Gasteiger partial charge is 0.354 e. The lowest BCUT2D eigenvalue weighted by molar-refractivity contribution is -0.124. The lowest BCUT2D eigenvalue weighted by Crippen LogP contribution is -2.51. The highest BCUT2D eigenvalue weighted by atomic mass is 32.1. The molecule has 0 aromatic carbocycles. The first-order valence-electron chi connectivity index (χ1n) is 9.83. The van der Waals surface area contributed by atoms with Crippen molar-refractivity contribution in [2.75, 3.05) is 33.2 Å². The van der Waals surface area contributed by atoms with E-state index in [1.807, 2.05) is 23.3 Å². The number of carbonyl (C=O) groups is 2. The number of nitrogens with one attached hydrogen (secondary N) is 1. The number of carbonyl (C=O) groups excluding carboxylic acids is 2. The Hall–Kier alpha value is -1.40. The van der Waals surface area contributed by atoms with Gasteiger partial charge in [-0.05, 0) is 50.2 Å². The van der Waals surface area contributed by atoms with E-state index in [0.717, 1.165) is 42.8 Å². The third-order valence-corrected chi connectivity index (χ3v) is 7.06. The molecule has 0 atom stereocenters. The van der Waals surface area contributed by atoms with Crippen LogP contribution in [0.1, 0.15) is 60.2 Å². The normalized spacial score (nSPS) is 22.7. The molecule has 2 amide bonds. The lowest BCUT2D eigenvalue weighted by Gasteiger charge is -2.44. The van der Waals surface area contributed by atoms with Gasteiger partial charge in [0.1, 0.15) is 0 Å². The summed E-state index contributed by atoms with van der Waals surface area (Å²) in [5, 5.41) is 5.03. The van der Waals surface area contributed by atoms with E-state index in [1.165, 1.54) is 30.6 Å². The molecule has 1 N–H and O–H groups in total. The van der Waals surface area contributed by atoms with Gasteiger partial charge in [0, 0.05) is 38.1 Å². The van der Waals surface area contributed by atoms with Crippen molar-refractivity contribution < 1.29 is 9.59 Å². The summed E-state index contributed by atoms with van der Waals surface area (Å²) in [4.78, 5) is 30.6. The molecule has 144 valence electrons. The predicted octanol–water partition coefficient (Wildman–Crippen LogP) is 3.04. The van der Waals surface area contributed by atoms with Crippen LogP contribution < -0.4 is 5.32 Å². The number of hydrogen-bond acceptors (Lipinski definition) is 4. The second-order valence-corrected chi connectivity index (χ2v) is 8.73. The molecule has 1 saturated carbocycles. The minimum atomic E-state index is 0.00581. The van der Waals surface area contributed by atoms with Crippen LogP contribution in [0.25, 0.3) is 0 Å². The van der Waals surface area contributed by atoms with E-state index in [4.69, 9.17) is 0 Å². The summed E-state index contributed by atoms with van der Waals surface area (Å²) >= 11 is 1.51. The van der Waals surface area contributed by atoms with Gasteiger partial charge in [0.2, 0.25) is 5.91 Å². The number of nitrogens with zero attached hydrogens (tertiary/aromatic N) is 2. The Balaban J connectivity index is 1.71. The van der Waals surface area contributed by atoms with Crippen molar-refractivity contribution in [3.63, 3.8) is 0 Å². The Bertz CT molecular complexity index is 637. The number of hydrogen-bond donors (Lipinski definition) is 1. The van der Waals surface area contributed by atoms with Gasteiger partial charge in [0.15, 0.2) is 0 Å². The lowest BCUT2D eigenvalue weighted by atomic mass is 9.77. The average molecular weight is 378 g/mol. The van der Waals surface area contributed by atoms with Crippen LogP contribution in [-0.2, 0) is 4.79 Å². The molecule has 1 aliphatic carbocycles. The first-order chi connectivity index (χ1) is 12.5. The van der Waals surface area contributed by atoms with Crippen LogP contribution in [0.2, 0.25) is 0 Å². The van der Waals surface area contributed by atoms with E-state index >= 15 is 0 Å². The van der Waals surface area contributed by atoms with Crippen molar-refractivity contribution in [1.82, 2.24) is 15.1 Å². The average Bonchev–Trinajstić information content (AvgIpc) is 3.05. The van der Waals surface area contributed by atoms with E-state index in [-0.39, 0.29) is 17.4 Å². The van der Waals surface area contributed by atoms with Gasteiger partial charge >= 0.3 is 0 Å². The molecule has 2 heterocycles. The monoisotopic (exact) mass is 377 g/mol. The van der Waals surface area contributed by atoms with E-state index < -0.39 is 0 Å². The molecule has 3 rings (SSSR count). The molecule has 2 aliphatic rings. The highest BCUT2D eigenvalue weighted by Gasteiger charge is 2.38. The standard InChI is InChI=1S/C20H31N3O2S/c1-16-7-14-26-18(16)19(25)23-12-6-11-22(2)20(8-4-3-5-9-20)15-17(24)21-10-13-23/h7,14H,3-6,8-13,15H2,1-2H3,(H,21,24). The Morgan fingerprint density at radius 3 is 2.62 bits per heavy atom. The maximum atomic E-state index is 12.9. The zero-order valence-corrected chi connectivity index (χ0v) is 16.9. The van der Waals surface area contributed by atoms with E-state index in [0.29, 0.717) is 19.5 Å². The van der Waals surface area contributed by atoms with Crippen molar-refractivity contribution in [3.05, 3.63) is 21.9 Å². The summed E-state index contributed by atoms with van der Waals surface area (Å²) in [7, 11) is 2.16. The molecule has 1 aromatic rings. The van der Waals surface area contributed by atoms with Crippen molar-refractivity contribution in [2.24, 2.45) is 0 Å². The number of rotatable bonds is 1. The van der Waals surface area contributed by atoms with Crippen LogP contribution in [0.15, 0.2) is 11.4 Å². The van der Waals surface area contributed by atoms with Gasteiger partial charge < -0.3 is 15.1 Å². The zero-order valence-electron chi connectivity index (χ0n) is 16.1. The Labute approximate surface area is 160 Å². The molecule has 1 aliphatic heterocycles. The van der Waals surface area contributed by atoms with Gasteiger partial charge in [-0.15, -0.1) is 11.3 Å². The Morgan fingerprint density at radius 2 is 1.92 bits per heavy atom. The minimum Gasteiger partial charge on any atom is -0.354 e. The van der Waals surface area contributed by atoms with Crippen LogP contribution in [0, 0.1) is 6.92 Å². The van der Waals surface area contributed by atoms with E-state index in [9.17, 15) is 9.59 Å². The van der Waals surface area contributed by atoms with Gasteiger partial charge in [-0.2, -0.15) is 0 Å². The smallest absolute Gasteiger partial charge is 0.264 e. The maximum Gasteiger partial charge on any atom is 0.264 e. The summed E-state index contributed by atoms with van der Waals surface area (Å²) in [5.74, 6) is 0.224. The van der Waals surface area contributed by atoms with Gasteiger partial charge in [-0.3, -0.25) is 9.59 Å². The van der Waals surface area contributed by atoms with Crippen LogP contribution in [0.5, 0.6) is 0 Å². The van der Waals surface area contributed by atoms with Crippen LogP contribution in [-0.4, -0.2) is 60.4 Å². The maximum absolute atomic E-state index is 12.9. The highest BCUT2D eigenvalue weighted by molar-refractivity contribution is 7.12. The zero-order chi connectivity index (χ0) is 18.6. The quantitative estimate of drug-likeness (QED) is 0.818. The van der Waals surface area contributed by atoms with Gasteiger partial charge in [0.05, 0.1) is 4.88 Å². The summed E-state index contributed by atoms with van der Waals surface area (Å²) in [5.41, 5.74) is 1.04. The SMILES string of the molecule is Cc1ccsc1C(=O)N1CCCN(C)C2(CCCCC2)CC(=O)NCC1. The molecule has 1 spiro atoms. The molecule has 2 fully saturated rings. The van der Waals surface area contributed by atoms with E-state index in [1.54, 1.807) is 0 Å². The molecule has 5 nitrogen and oxygen atoms in total. The van der Waals surface area contributed by atoms with Crippen LogP contribution in [0.4, 0.5) is 0 Å². The molecule has 26 heavy (non-hydrogen) atoms. The van der Waals surface area contributed by atoms with E-state index in [2.05, 4.69) is 17.3 Å². The van der Waals surface area contributed by atoms with Crippen molar-refractivity contribution >= 4 is 23.2 Å². The van der Waals surface area contributed by atoms with Gasteiger partial charge in [0.25, 0.3) is 5.91 Å². The van der Waals surface area contributed by atoms with Crippen LogP contribution >= 0.6 is 11.3 Å². The fraction of sp³-hybridized carbons (Fsp3) is 0.700. The predicted molar refractivity (Wildman–Crippen MR) is 106 cm³/mol. The number of thiophene rings is 1. The second-order valence-electron chi connectivity index (χ2n) is 7.81. The third kappa shape index (κ3) is 4.29. The molecule has 1 aromatic heterocycles. The molecule has 0 bridgehead atoms. The minimum absolute atomic E-state index is 0.00581. The Kier molecular flexibility index (Phi) is 6.35. The topological polar surface area (TPSA) is 52.7 Å². The molecular weight excluding hydrogens is 346 g/mol. The van der Waals surface area contributed by atoms with Crippen LogP contribution in [0.3, 0.4) is 0 Å². The molecule has 6 heteroatoms.